The molecule has 1 aliphatic heterocycles. The van der Waals surface area contributed by atoms with Crippen molar-refractivity contribution >= 4 is 16.9 Å². The van der Waals surface area contributed by atoms with E-state index in [-0.39, 0.29) is 11.1 Å². The number of methoxy groups -OCH3 is 1. The van der Waals surface area contributed by atoms with Crippen LogP contribution in [0.3, 0.4) is 0 Å². The van der Waals surface area contributed by atoms with Gasteiger partial charge < -0.3 is 19.9 Å². The molecule has 30 heavy (non-hydrogen) atoms. The summed E-state index contributed by atoms with van der Waals surface area (Å²) in [4.78, 5) is 10.0. The zero-order valence-electron chi connectivity index (χ0n) is 19.0. The number of imidazole rings is 1. The molecule has 3 heterocycles. The molecule has 0 spiro atoms. The van der Waals surface area contributed by atoms with Crippen molar-refractivity contribution in [2.45, 2.75) is 64.6 Å². The van der Waals surface area contributed by atoms with Crippen LogP contribution >= 0.6 is 0 Å². The Hall–Kier alpha value is -2.67. The van der Waals surface area contributed by atoms with Gasteiger partial charge in [0, 0.05) is 35.8 Å². The summed E-state index contributed by atoms with van der Waals surface area (Å²) in [7, 11) is 3.79. The third-order valence-electron chi connectivity index (χ3n) is 5.93. The number of fused-ring (bicyclic) bond motifs is 1. The average molecular weight is 409 g/mol. The third-order valence-corrected chi connectivity index (χ3v) is 5.93. The highest BCUT2D eigenvalue weighted by atomic mass is 16.5. The predicted octanol–water partition coefficient (Wildman–Crippen LogP) is 4.08. The predicted molar refractivity (Wildman–Crippen MR) is 121 cm³/mol. The Balaban J connectivity index is 1.62. The topological polar surface area (TPSA) is 79.0 Å². The highest BCUT2D eigenvalue weighted by Gasteiger charge is 2.39. The number of aryl methyl sites for hydroxylation is 1. The lowest BCUT2D eigenvalue weighted by atomic mass is 9.79. The van der Waals surface area contributed by atoms with Gasteiger partial charge in [0.2, 0.25) is 0 Å². The van der Waals surface area contributed by atoms with E-state index in [1.165, 1.54) is 0 Å². The second kappa shape index (κ2) is 7.23. The molecular formula is C23H32N6O. The number of piperidine rings is 1. The Morgan fingerprint density at radius 2 is 1.77 bits per heavy atom. The summed E-state index contributed by atoms with van der Waals surface area (Å²) in [5.41, 5.74) is 3.68. The van der Waals surface area contributed by atoms with Gasteiger partial charge in [0.25, 0.3) is 0 Å². The van der Waals surface area contributed by atoms with Crippen molar-refractivity contribution in [3.05, 3.63) is 30.1 Å². The number of hydrogen-bond acceptors (Lipinski definition) is 6. The summed E-state index contributed by atoms with van der Waals surface area (Å²) in [6.45, 7) is 11.0. The van der Waals surface area contributed by atoms with Crippen LogP contribution in [0, 0.1) is 6.92 Å². The molecule has 0 atom stereocenters. The lowest BCUT2D eigenvalue weighted by Crippen LogP contribution is -2.62. The van der Waals surface area contributed by atoms with Gasteiger partial charge in [-0.1, -0.05) is 0 Å². The minimum absolute atomic E-state index is 0.0819. The van der Waals surface area contributed by atoms with E-state index in [4.69, 9.17) is 4.74 Å². The van der Waals surface area contributed by atoms with E-state index >= 15 is 0 Å². The Morgan fingerprint density at radius 1 is 1.07 bits per heavy atom. The Kier molecular flexibility index (Phi) is 4.97. The first-order valence-electron chi connectivity index (χ1n) is 10.5. The van der Waals surface area contributed by atoms with Gasteiger partial charge in [-0.15, -0.1) is 10.2 Å². The molecule has 0 radical (unpaired) electrons. The maximum absolute atomic E-state index is 5.60. The maximum Gasteiger partial charge on any atom is 0.151 e. The van der Waals surface area contributed by atoms with Crippen LogP contribution in [-0.4, -0.2) is 51.4 Å². The minimum atomic E-state index is 0.0819. The molecule has 0 saturated carbocycles. The van der Waals surface area contributed by atoms with Gasteiger partial charge in [-0.05, 0) is 65.7 Å². The molecule has 7 nitrogen and oxygen atoms in total. The first-order valence-corrected chi connectivity index (χ1v) is 10.5. The fourth-order valence-corrected chi connectivity index (χ4v) is 4.92. The number of rotatable bonds is 4. The second-order valence-corrected chi connectivity index (χ2v) is 9.73. The zero-order valence-corrected chi connectivity index (χ0v) is 19.0. The van der Waals surface area contributed by atoms with Crippen molar-refractivity contribution in [3.63, 3.8) is 0 Å². The van der Waals surface area contributed by atoms with Crippen LogP contribution in [-0.2, 0) is 0 Å². The van der Waals surface area contributed by atoms with E-state index in [1.54, 1.807) is 7.11 Å². The molecule has 2 N–H and O–H groups in total. The van der Waals surface area contributed by atoms with Gasteiger partial charge in [0.05, 0.1) is 23.8 Å². The molecule has 4 rings (SSSR count). The molecule has 1 saturated heterocycles. The van der Waals surface area contributed by atoms with Crippen molar-refractivity contribution in [2.24, 2.45) is 0 Å². The first-order chi connectivity index (χ1) is 14.1. The number of nitrogens with zero attached hydrogens (tertiary/aromatic N) is 4. The van der Waals surface area contributed by atoms with Gasteiger partial charge in [-0.25, -0.2) is 4.98 Å². The molecule has 7 heteroatoms. The third kappa shape index (κ3) is 3.99. The van der Waals surface area contributed by atoms with Crippen molar-refractivity contribution in [1.29, 1.82) is 0 Å². The fraction of sp³-hybridized carbons (Fsp3) is 0.522. The summed E-state index contributed by atoms with van der Waals surface area (Å²) in [5.74, 6) is 2.51. The molecule has 1 aliphatic rings. The monoisotopic (exact) mass is 408 g/mol. The number of anilines is 1. The van der Waals surface area contributed by atoms with Crippen LogP contribution in [0.2, 0.25) is 0 Å². The number of aromatic amines is 1. The van der Waals surface area contributed by atoms with E-state index in [9.17, 15) is 0 Å². The first kappa shape index (κ1) is 20.6. The minimum Gasteiger partial charge on any atom is -0.496 e. The highest BCUT2D eigenvalue weighted by Crippen LogP contribution is 2.34. The summed E-state index contributed by atoms with van der Waals surface area (Å²) >= 11 is 0. The normalized spacial score (nSPS) is 18.5. The van der Waals surface area contributed by atoms with E-state index in [2.05, 4.69) is 65.1 Å². The molecule has 3 aromatic rings. The average Bonchev–Trinajstić information content (AvgIpc) is 3.03. The molecule has 1 fully saturated rings. The van der Waals surface area contributed by atoms with Gasteiger partial charge in [0.15, 0.2) is 5.82 Å². The summed E-state index contributed by atoms with van der Waals surface area (Å²) in [5, 5.41) is 12.8. The van der Waals surface area contributed by atoms with Crippen molar-refractivity contribution < 1.29 is 4.74 Å². The van der Waals surface area contributed by atoms with Gasteiger partial charge in [0.1, 0.15) is 11.6 Å². The van der Waals surface area contributed by atoms with E-state index < -0.39 is 0 Å². The molecule has 0 aliphatic carbocycles. The lowest BCUT2D eigenvalue weighted by molar-refractivity contribution is 0.160. The highest BCUT2D eigenvalue weighted by molar-refractivity contribution is 5.85. The molecular weight excluding hydrogens is 376 g/mol. The van der Waals surface area contributed by atoms with Crippen LogP contribution < -0.4 is 15.0 Å². The summed E-state index contributed by atoms with van der Waals surface area (Å²) in [6, 6.07) is 8.42. The van der Waals surface area contributed by atoms with Gasteiger partial charge in [-0.3, -0.25) is 0 Å². The molecule has 2 aromatic heterocycles. The maximum atomic E-state index is 5.60. The second-order valence-electron chi connectivity index (χ2n) is 9.73. The number of H-pyrrole nitrogens is 1. The molecule has 0 bridgehead atoms. The SMILES string of the molecule is COc1cc2[nH]c(C)nc2cc1-c1ccc(N(C)C2CC(C)(C)NC(C)(C)C2)nn1. The Bertz CT molecular complexity index is 1040. The van der Waals surface area contributed by atoms with Crippen LogP contribution in [0.1, 0.15) is 46.4 Å². The van der Waals surface area contributed by atoms with Crippen LogP contribution in [0.25, 0.3) is 22.3 Å². The van der Waals surface area contributed by atoms with E-state index in [1.807, 2.05) is 31.2 Å². The van der Waals surface area contributed by atoms with Crippen LogP contribution in [0.15, 0.2) is 24.3 Å². The fourth-order valence-electron chi connectivity index (χ4n) is 4.92. The molecule has 0 unspecified atom stereocenters. The molecule has 1 aromatic carbocycles. The number of ether oxygens (including phenoxy) is 1. The zero-order chi connectivity index (χ0) is 21.7. The number of nitrogens with one attached hydrogen (secondary N) is 2. The lowest BCUT2D eigenvalue weighted by Gasteiger charge is -2.49. The van der Waals surface area contributed by atoms with Crippen LogP contribution in [0.5, 0.6) is 5.75 Å². The van der Waals surface area contributed by atoms with Crippen molar-refractivity contribution in [1.82, 2.24) is 25.5 Å². The van der Waals surface area contributed by atoms with Gasteiger partial charge in [-0.2, -0.15) is 0 Å². The number of hydrogen-bond donors (Lipinski definition) is 2. The van der Waals surface area contributed by atoms with Crippen molar-refractivity contribution in [2.75, 3.05) is 19.1 Å². The largest absolute Gasteiger partial charge is 0.496 e. The number of aromatic nitrogens is 4. The van der Waals surface area contributed by atoms with Gasteiger partial charge >= 0.3 is 0 Å². The van der Waals surface area contributed by atoms with E-state index in [0.717, 1.165) is 52.5 Å². The number of benzene rings is 1. The summed E-state index contributed by atoms with van der Waals surface area (Å²) < 4.78 is 5.60. The van der Waals surface area contributed by atoms with E-state index in [0.29, 0.717) is 6.04 Å². The Morgan fingerprint density at radius 3 is 2.37 bits per heavy atom. The molecule has 160 valence electrons. The standard InChI is InChI=1S/C23H32N6O/c1-14-24-18-10-16(20(30-7)11-19(18)25-14)17-8-9-21(27-26-17)29(6)15-12-22(2,3)28-23(4,5)13-15/h8-11,15,28H,12-13H2,1-7H3,(H,24,25). The summed E-state index contributed by atoms with van der Waals surface area (Å²) in [6.07, 6.45) is 2.11. The van der Waals surface area contributed by atoms with Crippen molar-refractivity contribution in [3.8, 4) is 17.0 Å². The quantitative estimate of drug-likeness (QED) is 0.677. The smallest absolute Gasteiger partial charge is 0.151 e. The molecule has 0 amide bonds. The Labute approximate surface area is 178 Å². The van der Waals surface area contributed by atoms with Crippen LogP contribution in [0.4, 0.5) is 5.82 Å².